The van der Waals surface area contributed by atoms with Crippen molar-refractivity contribution in [3.63, 3.8) is 0 Å². The Morgan fingerprint density at radius 1 is 1.07 bits per heavy atom. The van der Waals surface area contributed by atoms with E-state index in [0.717, 1.165) is 49.3 Å². The van der Waals surface area contributed by atoms with Crippen LogP contribution in [0.25, 0.3) is 11.0 Å². The minimum absolute atomic E-state index is 0.0398. The molecule has 3 heterocycles. The van der Waals surface area contributed by atoms with Crippen molar-refractivity contribution in [2.45, 2.75) is 45.3 Å². The first-order chi connectivity index (χ1) is 14.2. The first kappa shape index (κ1) is 19.2. The summed E-state index contributed by atoms with van der Waals surface area (Å²) in [6.07, 6.45) is 6.00. The second kappa shape index (κ2) is 8.46. The van der Waals surface area contributed by atoms with Crippen LogP contribution < -0.4 is 15.9 Å². The molecule has 8 nitrogen and oxygen atoms in total. The molecule has 1 fully saturated rings. The number of nitrogens with one attached hydrogen (secondary N) is 1. The van der Waals surface area contributed by atoms with Crippen LogP contribution in [-0.4, -0.2) is 44.1 Å². The van der Waals surface area contributed by atoms with Crippen LogP contribution in [0.4, 0.5) is 5.95 Å². The molecule has 0 unspecified atom stereocenters. The first-order valence-electron chi connectivity index (χ1n) is 10.2. The standard InChI is InChI=1S/C21H26N6O2/c1-2-12-26-17-6-3-4-7-18(17)27(21(26)29)15-19(28)24-16-8-13-25(14-9-16)20-22-10-5-11-23-20/h3-7,10-11,16H,2,8-9,12-15H2,1H3,(H,24,28). The lowest BCUT2D eigenvalue weighted by molar-refractivity contribution is -0.122. The number of para-hydroxylation sites is 2. The molecule has 2 aromatic heterocycles. The molecule has 0 saturated carbocycles. The zero-order valence-corrected chi connectivity index (χ0v) is 16.6. The van der Waals surface area contributed by atoms with Gasteiger partial charge in [-0.25, -0.2) is 14.8 Å². The van der Waals surface area contributed by atoms with Crippen molar-refractivity contribution in [1.29, 1.82) is 0 Å². The molecule has 4 rings (SSSR count). The van der Waals surface area contributed by atoms with Crippen molar-refractivity contribution in [1.82, 2.24) is 24.4 Å². The molecular weight excluding hydrogens is 368 g/mol. The van der Waals surface area contributed by atoms with E-state index in [-0.39, 0.29) is 24.2 Å². The van der Waals surface area contributed by atoms with Gasteiger partial charge >= 0.3 is 5.69 Å². The Bertz CT molecular complexity index is 1030. The molecule has 0 atom stereocenters. The number of nitrogens with zero attached hydrogens (tertiary/aromatic N) is 5. The lowest BCUT2D eigenvalue weighted by atomic mass is 10.1. The maximum Gasteiger partial charge on any atom is 0.329 e. The van der Waals surface area contributed by atoms with Crippen molar-refractivity contribution >= 4 is 22.9 Å². The first-order valence-corrected chi connectivity index (χ1v) is 10.2. The molecule has 1 aromatic carbocycles. The Balaban J connectivity index is 1.41. The average Bonchev–Trinajstić information content (AvgIpc) is 3.01. The molecule has 0 aliphatic carbocycles. The number of benzene rings is 1. The number of aryl methyl sites for hydroxylation is 1. The third-order valence-electron chi connectivity index (χ3n) is 5.37. The van der Waals surface area contributed by atoms with Gasteiger partial charge in [0.15, 0.2) is 0 Å². The average molecular weight is 394 g/mol. The molecule has 1 aliphatic heterocycles. The van der Waals surface area contributed by atoms with Gasteiger partial charge in [0.25, 0.3) is 0 Å². The molecule has 0 bridgehead atoms. The van der Waals surface area contributed by atoms with Crippen molar-refractivity contribution < 1.29 is 4.79 Å². The van der Waals surface area contributed by atoms with Crippen LogP contribution in [0.1, 0.15) is 26.2 Å². The van der Waals surface area contributed by atoms with Gasteiger partial charge in [0.2, 0.25) is 11.9 Å². The molecule has 0 spiro atoms. The molecule has 29 heavy (non-hydrogen) atoms. The van der Waals surface area contributed by atoms with E-state index in [1.165, 1.54) is 0 Å². The number of aromatic nitrogens is 4. The number of hydrogen-bond donors (Lipinski definition) is 1. The van der Waals surface area contributed by atoms with Gasteiger partial charge in [-0.15, -0.1) is 0 Å². The predicted octanol–water partition coefficient (Wildman–Crippen LogP) is 1.79. The van der Waals surface area contributed by atoms with E-state index in [0.29, 0.717) is 6.54 Å². The number of amides is 1. The second-order valence-corrected chi connectivity index (χ2v) is 7.39. The Hall–Kier alpha value is -3.16. The number of fused-ring (bicyclic) bond motifs is 1. The summed E-state index contributed by atoms with van der Waals surface area (Å²) >= 11 is 0. The van der Waals surface area contributed by atoms with Gasteiger partial charge in [0.05, 0.1) is 11.0 Å². The highest BCUT2D eigenvalue weighted by molar-refractivity contribution is 5.81. The Labute approximate surface area is 169 Å². The van der Waals surface area contributed by atoms with Gasteiger partial charge in [0.1, 0.15) is 6.54 Å². The minimum Gasteiger partial charge on any atom is -0.352 e. The SMILES string of the molecule is CCCn1c(=O)n(CC(=O)NC2CCN(c3ncccn3)CC2)c2ccccc21. The third kappa shape index (κ3) is 4.01. The molecule has 0 radical (unpaired) electrons. The lowest BCUT2D eigenvalue weighted by Gasteiger charge is -2.32. The smallest absolute Gasteiger partial charge is 0.329 e. The summed E-state index contributed by atoms with van der Waals surface area (Å²) in [4.78, 5) is 36.2. The van der Waals surface area contributed by atoms with E-state index in [4.69, 9.17) is 0 Å². The number of piperidine rings is 1. The molecule has 3 aromatic rings. The topological polar surface area (TPSA) is 85.0 Å². The number of hydrogen-bond acceptors (Lipinski definition) is 5. The fourth-order valence-corrected chi connectivity index (χ4v) is 3.96. The van der Waals surface area contributed by atoms with Crippen LogP contribution in [0.15, 0.2) is 47.5 Å². The summed E-state index contributed by atoms with van der Waals surface area (Å²) in [5.74, 6) is 0.605. The molecule has 152 valence electrons. The zero-order chi connectivity index (χ0) is 20.2. The van der Waals surface area contributed by atoms with Crippen molar-refractivity contribution in [3.8, 4) is 0 Å². The predicted molar refractivity (Wildman–Crippen MR) is 112 cm³/mol. The fourth-order valence-electron chi connectivity index (χ4n) is 3.96. The molecule has 1 amide bonds. The monoisotopic (exact) mass is 394 g/mol. The summed E-state index contributed by atoms with van der Waals surface area (Å²) in [6, 6.07) is 9.55. The molecule has 8 heteroatoms. The highest BCUT2D eigenvalue weighted by atomic mass is 16.2. The summed E-state index contributed by atoms with van der Waals surface area (Å²) in [5.41, 5.74) is 1.56. The molecular formula is C21H26N6O2. The number of anilines is 1. The van der Waals surface area contributed by atoms with E-state index in [1.54, 1.807) is 27.6 Å². The quantitative estimate of drug-likeness (QED) is 0.689. The second-order valence-electron chi connectivity index (χ2n) is 7.39. The fraction of sp³-hybridized carbons (Fsp3) is 0.429. The van der Waals surface area contributed by atoms with E-state index in [9.17, 15) is 9.59 Å². The lowest BCUT2D eigenvalue weighted by Crippen LogP contribution is -2.46. The van der Waals surface area contributed by atoms with Gasteiger partial charge < -0.3 is 10.2 Å². The summed E-state index contributed by atoms with van der Waals surface area (Å²) in [7, 11) is 0. The molecule has 1 saturated heterocycles. The number of rotatable bonds is 6. The van der Waals surface area contributed by atoms with Crippen LogP contribution in [0.5, 0.6) is 0 Å². The number of carbonyl (C=O) groups is 1. The zero-order valence-electron chi connectivity index (χ0n) is 16.6. The van der Waals surface area contributed by atoms with Gasteiger partial charge in [0, 0.05) is 38.1 Å². The number of imidazole rings is 1. The van der Waals surface area contributed by atoms with E-state index >= 15 is 0 Å². The van der Waals surface area contributed by atoms with Crippen LogP contribution in [0.3, 0.4) is 0 Å². The molecule has 1 aliphatic rings. The van der Waals surface area contributed by atoms with Crippen molar-refractivity contribution in [2.24, 2.45) is 0 Å². The van der Waals surface area contributed by atoms with E-state index in [2.05, 4.69) is 20.2 Å². The Morgan fingerprint density at radius 3 is 2.38 bits per heavy atom. The van der Waals surface area contributed by atoms with Gasteiger partial charge in [-0.05, 0) is 37.5 Å². The third-order valence-corrected chi connectivity index (χ3v) is 5.37. The van der Waals surface area contributed by atoms with Crippen LogP contribution in [0.2, 0.25) is 0 Å². The Kier molecular flexibility index (Phi) is 5.59. The number of carbonyl (C=O) groups excluding carboxylic acids is 1. The van der Waals surface area contributed by atoms with Crippen LogP contribution in [0, 0.1) is 0 Å². The van der Waals surface area contributed by atoms with E-state index in [1.807, 2.05) is 31.2 Å². The van der Waals surface area contributed by atoms with Crippen LogP contribution >= 0.6 is 0 Å². The summed E-state index contributed by atoms with van der Waals surface area (Å²) < 4.78 is 3.33. The van der Waals surface area contributed by atoms with E-state index < -0.39 is 0 Å². The van der Waals surface area contributed by atoms with Crippen molar-refractivity contribution in [3.05, 3.63) is 53.2 Å². The largest absolute Gasteiger partial charge is 0.352 e. The van der Waals surface area contributed by atoms with Gasteiger partial charge in [-0.3, -0.25) is 13.9 Å². The summed E-state index contributed by atoms with van der Waals surface area (Å²) in [6.45, 7) is 4.32. The molecule has 1 N–H and O–H groups in total. The van der Waals surface area contributed by atoms with Crippen molar-refractivity contribution in [2.75, 3.05) is 18.0 Å². The van der Waals surface area contributed by atoms with Gasteiger partial charge in [-0.2, -0.15) is 0 Å². The highest BCUT2D eigenvalue weighted by Crippen LogP contribution is 2.16. The maximum absolute atomic E-state index is 12.8. The minimum atomic E-state index is -0.126. The highest BCUT2D eigenvalue weighted by Gasteiger charge is 2.23. The maximum atomic E-state index is 12.8. The Morgan fingerprint density at radius 2 is 1.72 bits per heavy atom. The van der Waals surface area contributed by atoms with Gasteiger partial charge in [-0.1, -0.05) is 19.1 Å². The normalized spacial score (nSPS) is 15.0. The van der Waals surface area contributed by atoms with Crippen LogP contribution in [-0.2, 0) is 17.9 Å². The summed E-state index contributed by atoms with van der Waals surface area (Å²) in [5, 5.41) is 3.10.